The summed E-state index contributed by atoms with van der Waals surface area (Å²) >= 11 is 9.28. The quantitative estimate of drug-likeness (QED) is 0.804. The Kier molecular flexibility index (Phi) is 4.10. The number of rotatable bonds is 2. The minimum Gasteiger partial charge on any atom is -0.336 e. The van der Waals surface area contributed by atoms with Crippen LogP contribution in [-0.4, -0.2) is 23.4 Å². The molecule has 0 radical (unpaired) electrons. The summed E-state index contributed by atoms with van der Waals surface area (Å²) < 4.78 is 0.775. The van der Waals surface area contributed by atoms with Gasteiger partial charge in [-0.25, -0.2) is 0 Å². The van der Waals surface area contributed by atoms with E-state index >= 15 is 0 Å². The molecule has 1 heterocycles. The molecule has 0 aromatic heterocycles. The third-order valence-corrected chi connectivity index (χ3v) is 4.49. The highest BCUT2D eigenvalue weighted by Crippen LogP contribution is 2.26. The first-order valence-electron chi connectivity index (χ1n) is 5.89. The molecule has 1 atom stereocenters. The standard InChI is InChI=1S/C13H15BrClNO/c1-2-10-4-3-7-16(10)13(17)9-5-6-12(15)11(14)8-9/h5-6,8,10H,2-4,7H2,1H3. The van der Waals surface area contributed by atoms with Crippen LogP contribution >= 0.6 is 27.5 Å². The largest absolute Gasteiger partial charge is 0.336 e. The van der Waals surface area contributed by atoms with Crippen molar-refractivity contribution in [3.05, 3.63) is 33.3 Å². The molecule has 0 spiro atoms. The van der Waals surface area contributed by atoms with Crippen molar-refractivity contribution in [2.75, 3.05) is 6.54 Å². The number of amides is 1. The average molecular weight is 317 g/mol. The summed E-state index contributed by atoms with van der Waals surface area (Å²) in [6.45, 7) is 3.01. The Morgan fingerprint density at radius 1 is 1.59 bits per heavy atom. The molecule has 0 N–H and O–H groups in total. The smallest absolute Gasteiger partial charge is 0.254 e. The number of likely N-dealkylation sites (tertiary alicyclic amines) is 1. The fourth-order valence-electron chi connectivity index (χ4n) is 2.32. The van der Waals surface area contributed by atoms with Crippen LogP contribution in [-0.2, 0) is 0 Å². The SMILES string of the molecule is CCC1CCCN1C(=O)c1ccc(Cl)c(Br)c1. The average Bonchev–Trinajstić information content (AvgIpc) is 2.80. The zero-order valence-corrected chi connectivity index (χ0v) is 12.1. The summed E-state index contributed by atoms with van der Waals surface area (Å²) in [6, 6.07) is 5.75. The van der Waals surface area contributed by atoms with E-state index < -0.39 is 0 Å². The molecular weight excluding hydrogens is 302 g/mol. The molecule has 1 aromatic rings. The van der Waals surface area contributed by atoms with E-state index in [1.807, 2.05) is 4.90 Å². The minimum absolute atomic E-state index is 0.117. The van der Waals surface area contributed by atoms with E-state index in [4.69, 9.17) is 11.6 Å². The van der Waals surface area contributed by atoms with E-state index in [1.165, 1.54) is 0 Å². The van der Waals surface area contributed by atoms with Crippen LogP contribution in [0, 0.1) is 0 Å². The topological polar surface area (TPSA) is 20.3 Å². The van der Waals surface area contributed by atoms with Gasteiger partial charge in [-0.1, -0.05) is 18.5 Å². The summed E-state index contributed by atoms with van der Waals surface area (Å²) in [5.74, 6) is 0.117. The van der Waals surface area contributed by atoms with Gasteiger partial charge < -0.3 is 4.90 Å². The van der Waals surface area contributed by atoms with Gasteiger partial charge in [0.25, 0.3) is 5.91 Å². The lowest BCUT2D eigenvalue weighted by molar-refractivity contribution is 0.0733. The second kappa shape index (κ2) is 5.40. The molecule has 0 aliphatic carbocycles. The first-order chi connectivity index (χ1) is 8.13. The zero-order valence-electron chi connectivity index (χ0n) is 9.75. The Morgan fingerprint density at radius 2 is 2.35 bits per heavy atom. The Hall–Kier alpha value is -0.540. The first-order valence-corrected chi connectivity index (χ1v) is 7.06. The molecule has 4 heteroatoms. The number of hydrogen-bond donors (Lipinski definition) is 0. The summed E-state index contributed by atoms with van der Waals surface area (Å²) in [5.41, 5.74) is 0.710. The normalized spacial score (nSPS) is 19.7. The van der Waals surface area contributed by atoms with E-state index in [9.17, 15) is 4.79 Å². The maximum atomic E-state index is 12.3. The molecule has 17 heavy (non-hydrogen) atoms. The molecule has 1 aliphatic heterocycles. The molecule has 0 bridgehead atoms. The molecule has 2 rings (SSSR count). The Bertz CT molecular complexity index is 435. The second-order valence-corrected chi connectivity index (χ2v) is 5.59. The fourth-order valence-corrected chi connectivity index (χ4v) is 2.82. The van der Waals surface area contributed by atoms with Crippen molar-refractivity contribution in [3.8, 4) is 0 Å². The van der Waals surface area contributed by atoms with Gasteiger partial charge in [-0.2, -0.15) is 0 Å². The molecule has 1 aromatic carbocycles. The van der Waals surface area contributed by atoms with Gasteiger partial charge in [-0.3, -0.25) is 4.79 Å². The van der Waals surface area contributed by atoms with E-state index in [2.05, 4.69) is 22.9 Å². The zero-order chi connectivity index (χ0) is 12.4. The third kappa shape index (κ3) is 2.66. The van der Waals surface area contributed by atoms with Crippen LogP contribution in [0.25, 0.3) is 0 Å². The van der Waals surface area contributed by atoms with Crippen molar-refractivity contribution in [3.63, 3.8) is 0 Å². The maximum Gasteiger partial charge on any atom is 0.254 e. The van der Waals surface area contributed by atoms with Crippen LogP contribution in [0.15, 0.2) is 22.7 Å². The van der Waals surface area contributed by atoms with E-state index in [0.717, 1.165) is 30.3 Å². The lowest BCUT2D eigenvalue weighted by Crippen LogP contribution is -2.35. The van der Waals surface area contributed by atoms with Crippen LogP contribution in [0.5, 0.6) is 0 Å². The van der Waals surface area contributed by atoms with E-state index in [1.54, 1.807) is 18.2 Å². The number of carbonyl (C=O) groups is 1. The van der Waals surface area contributed by atoms with Crippen molar-refractivity contribution in [2.24, 2.45) is 0 Å². The van der Waals surface area contributed by atoms with Crippen molar-refractivity contribution < 1.29 is 4.79 Å². The van der Waals surface area contributed by atoms with Crippen LogP contribution in [0.2, 0.25) is 5.02 Å². The Balaban J connectivity index is 2.21. The van der Waals surface area contributed by atoms with Crippen molar-refractivity contribution in [1.29, 1.82) is 0 Å². The van der Waals surface area contributed by atoms with Crippen LogP contribution < -0.4 is 0 Å². The molecule has 0 saturated carbocycles. The number of carbonyl (C=O) groups excluding carboxylic acids is 1. The highest BCUT2D eigenvalue weighted by molar-refractivity contribution is 9.10. The lowest BCUT2D eigenvalue weighted by atomic mass is 10.1. The molecule has 1 unspecified atom stereocenters. The molecule has 1 amide bonds. The molecule has 1 fully saturated rings. The molecule has 92 valence electrons. The van der Waals surface area contributed by atoms with Gasteiger partial charge >= 0.3 is 0 Å². The van der Waals surface area contributed by atoms with Crippen molar-refractivity contribution in [2.45, 2.75) is 32.2 Å². The van der Waals surface area contributed by atoms with Gasteiger partial charge in [0.05, 0.1) is 5.02 Å². The predicted molar refractivity (Wildman–Crippen MR) is 73.5 cm³/mol. The summed E-state index contributed by atoms with van der Waals surface area (Å²) in [4.78, 5) is 14.3. The first kappa shape index (κ1) is 12.9. The Morgan fingerprint density at radius 3 is 3.00 bits per heavy atom. The van der Waals surface area contributed by atoms with Gasteiger partial charge in [0, 0.05) is 22.6 Å². The van der Waals surface area contributed by atoms with Crippen LogP contribution in [0.1, 0.15) is 36.5 Å². The molecule has 2 nitrogen and oxygen atoms in total. The van der Waals surface area contributed by atoms with Crippen LogP contribution in [0.3, 0.4) is 0 Å². The fraction of sp³-hybridized carbons (Fsp3) is 0.462. The molecule has 1 saturated heterocycles. The highest BCUT2D eigenvalue weighted by atomic mass is 79.9. The van der Waals surface area contributed by atoms with Crippen molar-refractivity contribution in [1.82, 2.24) is 4.90 Å². The highest BCUT2D eigenvalue weighted by Gasteiger charge is 2.28. The van der Waals surface area contributed by atoms with Gasteiger partial charge in [-0.15, -0.1) is 0 Å². The maximum absolute atomic E-state index is 12.3. The monoisotopic (exact) mass is 315 g/mol. The number of hydrogen-bond acceptors (Lipinski definition) is 1. The summed E-state index contributed by atoms with van der Waals surface area (Å²) in [7, 11) is 0. The Labute approximate surface area is 115 Å². The summed E-state index contributed by atoms with van der Waals surface area (Å²) in [6.07, 6.45) is 3.26. The van der Waals surface area contributed by atoms with Crippen molar-refractivity contribution >= 4 is 33.4 Å². The number of benzene rings is 1. The van der Waals surface area contributed by atoms with Gasteiger partial charge in [0.2, 0.25) is 0 Å². The predicted octanol–water partition coefficient (Wildman–Crippen LogP) is 4.12. The number of nitrogens with zero attached hydrogens (tertiary/aromatic N) is 1. The second-order valence-electron chi connectivity index (χ2n) is 4.33. The van der Waals surface area contributed by atoms with Crippen LogP contribution in [0.4, 0.5) is 0 Å². The van der Waals surface area contributed by atoms with Gasteiger partial charge in [0.15, 0.2) is 0 Å². The third-order valence-electron chi connectivity index (χ3n) is 3.28. The van der Waals surface area contributed by atoms with E-state index in [0.29, 0.717) is 16.6 Å². The molecular formula is C13H15BrClNO. The van der Waals surface area contributed by atoms with Gasteiger partial charge in [0.1, 0.15) is 0 Å². The number of halogens is 2. The molecule has 1 aliphatic rings. The van der Waals surface area contributed by atoms with E-state index in [-0.39, 0.29) is 5.91 Å². The lowest BCUT2D eigenvalue weighted by Gasteiger charge is -2.23. The minimum atomic E-state index is 0.117. The van der Waals surface area contributed by atoms with Gasteiger partial charge in [-0.05, 0) is 53.4 Å². The summed E-state index contributed by atoms with van der Waals surface area (Å²) in [5, 5.41) is 0.634.